The molecular weight excluding hydrogens is 508 g/mol. The van der Waals surface area contributed by atoms with Crippen LogP contribution in [-0.4, -0.2) is 79.9 Å². The van der Waals surface area contributed by atoms with E-state index in [9.17, 15) is 9.35 Å². The Balaban J connectivity index is 1.32. The molecule has 2 aromatic rings. The second kappa shape index (κ2) is 10.1. The van der Waals surface area contributed by atoms with Crippen LogP contribution in [0.5, 0.6) is 0 Å². The first-order chi connectivity index (χ1) is 17.6. The molecule has 2 fully saturated rings. The molecule has 3 aliphatic heterocycles. The molecule has 3 aliphatic rings. The number of nitrogens with zero attached hydrogens (tertiary/aromatic N) is 4. The number of aromatic nitrogens is 2. The summed E-state index contributed by atoms with van der Waals surface area (Å²) >= 11 is 0.322. The Bertz CT molecular complexity index is 1270. The zero-order valence-electron chi connectivity index (χ0n) is 21.9. The molecule has 5 rings (SSSR count). The summed E-state index contributed by atoms with van der Waals surface area (Å²) in [6.07, 6.45) is 7.15. The molecule has 0 saturated carbocycles. The largest absolute Gasteiger partial charge is 0.598 e. The molecule has 0 unspecified atom stereocenters. The summed E-state index contributed by atoms with van der Waals surface area (Å²) in [4.78, 5) is 30.1. The van der Waals surface area contributed by atoms with Crippen LogP contribution in [0, 0.1) is 5.41 Å². The fraction of sp³-hybridized carbons (Fsp3) is 0.538. The Kier molecular flexibility index (Phi) is 7.21. The zero-order chi connectivity index (χ0) is 26.4. The quantitative estimate of drug-likeness (QED) is 0.447. The highest BCUT2D eigenvalue weighted by Crippen LogP contribution is 2.44. The lowest BCUT2D eigenvalue weighted by Gasteiger charge is -2.45. The lowest BCUT2D eigenvalue weighted by Crippen LogP contribution is -2.58. The maximum Gasteiger partial charge on any atom is 0.206 e. The lowest BCUT2D eigenvalue weighted by atomic mass is 9.73. The second-order valence-corrected chi connectivity index (χ2v) is 14.0. The van der Waals surface area contributed by atoms with Crippen LogP contribution in [0.15, 0.2) is 51.2 Å². The summed E-state index contributed by atoms with van der Waals surface area (Å²) in [6.45, 7) is 10.2. The first-order valence-corrected chi connectivity index (χ1v) is 14.5. The number of likely N-dealkylation sites (tertiary alicyclic amines) is 1. The number of hydrogen-bond donors (Lipinski definition) is 2. The van der Waals surface area contributed by atoms with E-state index in [1.807, 2.05) is 51.0 Å². The van der Waals surface area contributed by atoms with Gasteiger partial charge in [0.25, 0.3) is 0 Å². The SMILES string of the molecule is C[C@@H]1OCC2(CCN(C3=NC=C(Sc4ccnc5[nH]ccc45)C(=C=O)N3C)CC2)[C@@H]1N[S@+]([O-])C(C)(C)C. The molecule has 0 radical (unpaired) electrons. The minimum Gasteiger partial charge on any atom is -0.598 e. The summed E-state index contributed by atoms with van der Waals surface area (Å²) in [5.74, 6) is 2.89. The monoisotopic (exact) mass is 542 g/mol. The van der Waals surface area contributed by atoms with Crippen molar-refractivity contribution in [2.24, 2.45) is 10.4 Å². The van der Waals surface area contributed by atoms with Gasteiger partial charge in [0.1, 0.15) is 16.1 Å². The van der Waals surface area contributed by atoms with Gasteiger partial charge in [-0.05, 0) is 52.7 Å². The van der Waals surface area contributed by atoms with Crippen LogP contribution in [0.4, 0.5) is 0 Å². The minimum absolute atomic E-state index is 0.000611. The summed E-state index contributed by atoms with van der Waals surface area (Å²) < 4.78 is 22.0. The van der Waals surface area contributed by atoms with E-state index in [-0.39, 0.29) is 22.3 Å². The lowest BCUT2D eigenvalue weighted by molar-refractivity contribution is 0.0820. The Labute approximate surface area is 225 Å². The number of pyridine rings is 1. The second-order valence-electron chi connectivity index (χ2n) is 10.9. The molecule has 11 heteroatoms. The van der Waals surface area contributed by atoms with Crippen LogP contribution in [-0.2, 0) is 20.9 Å². The number of piperidine rings is 1. The van der Waals surface area contributed by atoms with Gasteiger partial charge in [-0.3, -0.25) is 0 Å². The third-order valence-corrected chi connectivity index (χ3v) is 10.2. The van der Waals surface area contributed by atoms with E-state index in [2.05, 4.69) is 32.5 Å². The van der Waals surface area contributed by atoms with Crippen molar-refractivity contribution in [1.82, 2.24) is 24.5 Å². The summed E-state index contributed by atoms with van der Waals surface area (Å²) in [5, 5.41) is 1.00. The first-order valence-electron chi connectivity index (χ1n) is 12.5. The van der Waals surface area contributed by atoms with Crippen molar-refractivity contribution >= 4 is 46.1 Å². The fourth-order valence-electron chi connectivity index (χ4n) is 5.26. The number of nitrogens with one attached hydrogen (secondary N) is 2. The highest BCUT2D eigenvalue weighted by atomic mass is 32.2. The van der Waals surface area contributed by atoms with Gasteiger partial charge in [-0.1, -0.05) is 11.8 Å². The Morgan fingerprint density at radius 3 is 2.78 bits per heavy atom. The van der Waals surface area contributed by atoms with Gasteiger partial charge >= 0.3 is 0 Å². The number of guanidine groups is 1. The maximum atomic E-state index is 12.9. The number of rotatable bonds is 4. The Morgan fingerprint density at radius 1 is 1.32 bits per heavy atom. The number of aromatic amines is 1. The third kappa shape index (κ3) is 4.96. The summed E-state index contributed by atoms with van der Waals surface area (Å²) in [5.41, 5.74) is 1.20. The van der Waals surface area contributed by atoms with Crippen LogP contribution < -0.4 is 4.72 Å². The number of hydrogen-bond acceptors (Lipinski definition) is 9. The fourth-order valence-corrected chi connectivity index (χ4v) is 7.31. The molecule has 0 amide bonds. The van der Waals surface area contributed by atoms with Crippen molar-refractivity contribution in [2.75, 3.05) is 26.7 Å². The van der Waals surface area contributed by atoms with E-state index in [4.69, 9.17) is 9.73 Å². The van der Waals surface area contributed by atoms with Crippen molar-refractivity contribution in [2.45, 2.75) is 62.3 Å². The van der Waals surface area contributed by atoms with Crippen LogP contribution >= 0.6 is 11.8 Å². The smallest absolute Gasteiger partial charge is 0.206 e. The van der Waals surface area contributed by atoms with Gasteiger partial charge in [0.05, 0.1) is 23.7 Å². The van der Waals surface area contributed by atoms with Crippen LogP contribution in [0.1, 0.15) is 40.5 Å². The van der Waals surface area contributed by atoms with E-state index in [1.54, 1.807) is 12.4 Å². The van der Waals surface area contributed by atoms with Crippen LogP contribution in [0.2, 0.25) is 0 Å². The van der Waals surface area contributed by atoms with Gasteiger partial charge in [-0.2, -0.15) is 0 Å². The van der Waals surface area contributed by atoms with Gasteiger partial charge in [-0.15, -0.1) is 4.72 Å². The Morgan fingerprint density at radius 2 is 2.08 bits per heavy atom. The average Bonchev–Trinajstić information content (AvgIpc) is 3.46. The highest BCUT2D eigenvalue weighted by molar-refractivity contribution is 8.03. The number of likely N-dealkylation sites (N-methyl/N-ethyl adjacent to an activating group) is 1. The number of H-pyrrole nitrogens is 1. The van der Waals surface area contributed by atoms with Gasteiger partial charge in [0.15, 0.2) is 5.94 Å². The molecule has 1 spiro atoms. The molecule has 5 heterocycles. The minimum atomic E-state index is -1.17. The normalized spacial score (nSPS) is 24.9. The van der Waals surface area contributed by atoms with Crippen LogP contribution in [0.25, 0.3) is 11.0 Å². The number of carbonyl (C=O) groups excluding carboxylic acids is 1. The van der Waals surface area contributed by atoms with Crippen molar-refractivity contribution in [3.8, 4) is 0 Å². The van der Waals surface area contributed by atoms with E-state index >= 15 is 0 Å². The van der Waals surface area contributed by atoms with Crippen molar-refractivity contribution in [1.29, 1.82) is 0 Å². The summed E-state index contributed by atoms with van der Waals surface area (Å²) in [6, 6.07) is 3.95. The number of ether oxygens (including phenoxy) is 1. The molecule has 37 heavy (non-hydrogen) atoms. The van der Waals surface area contributed by atoms with Crippen molar-refractivity contribution in [3.05, 3.63) is 41.3 Å². The molecule has 0 aromatic carbocycles. The predicted octanol–water partition coefficient (Wildman–Crippen LogP) is 3.43. The number of thioether (sulfide) groups is 1. The Hall–Kier alpha value is -2.27. The molecule has 198 valence electrons. The number of aliphatic imine (C=N–C) groups is 1. The number of fused-ring (bicyclic) bond motifs is 1. The maximum absolute atomic E-state index is 12.9. The molecule has 2 aromatic heterocycles. The van der Waals surface area contributed by atoms with Gasteiger partial charge in [0.2, 0.25) is 5.96 Å². The van der Waals surface area contributed by atoms with Crippen molar-refractivity contribution < 1.29 is 14.1 Å². The standard InChI is InChI=1S/C26H34N6O3S2/c1-17-22(30-37(34)25(2,3)4)26(16-35-17)8-12-32(13-9-26)24-29-14-21(19(15-33)31(24)5)36-20-7-11-28-23-18(20)6-10-27-23/h6-7,10-11,14,17,22,30H,8-9,12-13,16H2,1-5H3,(H,27,28)/t17-,22+,37+/m0/s1. The topological polar surface area (TPSA) is 109 Å². The highest BCUT2D eigenvalue weighted by Gasteiger charge is 2.52. The van der Waals surface area contributed by atoms with Gasteiger partial charge < -0.3 is 24.1 Å². The average molecular weight is 543 g/mol. The molecule has 2 saturated heterocycles. The molecule has 0 bridgehead atoms. The summed E-state index contributed by atoms with van der Waals surface area (Å²) in [7, 11) is 1.87. The molecule has 2 N–H and O–H groups in total. The molecule has 3 atom stereocenters. The molecular formula is C26H34N6O3S2. The van der Waals surface area contributed by atoms with E-state index in [1.165, 1.54) is 11.8 Å². The van der Waals surface area contributed by atoms with E-state index < -0.39 is 11.4 Å². The molecule has 0 aliphatic carbocycles. The zero-order valence-corrected chi connectivity index (χ0v) is 23.5. The third-order valence-electron chi connectivity index (χ3n) is 7.50. The first kappa shape index (κ1) is 26.3. The van der Waals surface area contributed by atoms with Crippen molar-refractivity contribution in [3.63, 3.8) is 0 Å². The van der Waals surface area contributed by atoms with Crippen LogP contribution in [0.3, 0.4) is 0 Å². The van der Waals surface area contributed by atoms with Gasteiger partial charge in [-0.25, -0.2) is 14.8 Å². The molecule has 9 nitrogen and oxygen atoms in total. The predicted molar refractivity (Wildman–Crippen MR) is 148 cm³/mol. The van der Waals surface area contributed by atoms with Gasteiger partial charge in [0, 0.05) is 65.8 Å². The van der Waals surface area contributed by atoms with E-state index in [0.717, 1.165) is 52.7 Å². The van der Waals surface area contributed by atoms with E-state index in [0.29, 0.717) is 12.3 Å².